The van der Waals surface area contributed by atoms with Crippen LogP contribution in [-0.2, 0) is 11.3 Å². The van der Waals surface area contributed by atoms with Gasteiger partial charge in [0, 0.05) is 19.6 Å². The van der Waals surface area contributed by atoms with Crippen molar-refractivity contribution in [1.29, 1.82) is 0 Å². The van der Waals surface area contributed by atoms with Crippen LogP contribution in [0.2, 0.25) is 0 Å². The van der Waals surface area contributed by atoms with E-state index in [0.717, 1.165) is 6.54 Å². The second-order valence-electron chi connectivity index (χ2n) is 3.51. The summed E-state index contributed by atoms with van der Waals surface area (Å²) in [5.41, 5.74) is 1.22. The highest BCUT2D eigenvalue weighted by Gasteiger charge is 2.27. The largest absolute Gasteiger partial charge is 0.329 e. The van der Waals surface area contributed by atoms with Crippen molar-refractivity contribution in [1.82, 2.24) is 15.5 Å². The quantitative estimate of drug-likeness (QED) is 0.577. The molecule has 0 saturated carbocycles. The van der Waals surface area contributed by atoms with Crippen LogP contribution in [0.3, 0.4) is 0 Å². The summed E-state index contributed by atoms with van der Waals surface area (Å²) >= 11 is 1.66. The van der Waals surface area contributed by atoms with Gasteiger partial charge in [-0.3, -0.25) is 9.69 Å². The maximum absolute atomic E-state index is 11.2. The average molecular weight is 239 g/mol. The van der Waals surface area contributed by atoms with E-state index in [-0.39, 0.29) is 18.5 Å². The summed E-state index contributed by atoms with van der Waals surface area (Å²) in [7, 11) is 0. The van der Waals surface area contributed by atoms with Crippen LogP contribution in [0.5, 0.6) is 0 Å². The Morgan fingerprint density at radius 2 is 2.38 bits per heavy atom. The lowest BCUT2D eigenvalue weighted by atomic mass is 10.3. The smallest absolute Gasteiger partial charge is 0.324 e. The van der Waals surface area contributed by atoms with Crippen LogP contribution in [0, 0.1) is 0 Å². The Balaban J connectivity index is 1.68. The van der Waals surface area contributed by atoms with E-state index in [1.807, 2.05) is 11.4 Å². The van der Waals surface area contributed by atoms with Gasteiger partial charge in [-0.05, 0) is 22.4 Å². The van der Waals surface area contributed by atoms with Crippen molar-refractivity contribution >= 4 is 23.3 Å². The molecule has 0 aliphatic carbocycles. The Morgan fingerprint density at radius 3 is 3.00 bits per heavy atom. The van der Waals surface area contributed by atoms with Gasteiger partial charge in [-0.25, -0.2) is 4.79 Å². The van der Waals surface area contributed by atoms with Crippen molar-refractivity contribution in [3.63, 3.8) is 0 Å². The fraction of sp³-hybridized carbons (Fsp3) is 0.400. The van der Waals surface area contributed by atoms with Crippen molar-refractivity contribution < 1.29 is 9.59 Å². The predicted molar refractivity (Wildman–Crippen MR) is 61.1 cm³/mol. The number of rotatable bonds is 5. The van der Waals surface area contributed by atoms with Gasteiger partial charge in [0.05, 0.1) is 6.54 Å². The molecule has 0 spiro atoms. The van der Waals surface area contributed by atoms with Gasteiger partial charge < -0.3 is 10.6 Å². The standard InChI is InChI=1S/C10H13N3O2S/c14-9-6-12-10(15)13(9)3-2-11-5-8-1-4-16-7-8/h1,4,7,11H,2-3,5-6H2,(H,12,15). The lowest BCUT2D eigenvalue weighted by molar-refractivity contribution is -0.124. The van der Waals surface area contributed by atoms with Crippen LogP contribution in [-0.4, -0.2) is 36.5 Å². The molecule has 1 aromatic heterocycles. The zero-order chi connectivity index (χ0) is 11.4. The molecule has 0 bridgehead atoms. The molecule has 1 fully saturated rings. The molecule has 2 heterocycles. The second-order valence-corrected chi connectivity index (χ2v) is 4.29. The minimum Gasteiger partial charge on any atom is -0.329 e. The highest BCUT2D eigenvalue weighted by Crippen LogP contribution is 2.04. The zero-order valence-corrected chi connectivity index (χ0v) is 9.55. The lowest BCUT2D eigenvalue weighted by Gasteiger charge is -2.12. The van der Waals surface area contributed by atoms with Gasteiger partial charge >= 0.3 is 6.03 Å². The number of carbonyl (C=O) groups is 2. The number of thiophene rings is 1. The minimum atomic E-state index is -0.290. The van der Waals surface area contributed by atoms with Gasteiger partial charge in [-0.1, -0.05) is 0 Å². The van der Waals surface area contributed by atoms with Gasteiger partial charge in [0.15, 0.2) is 0 Å². The summed E-state index contributed by atoms with van der Waals surface area (Å²) in [6.07, 6.45) is 0. The van der Waals surface area contributed by atoms with Gasteiger partial charge in [-0.15, -0.1) is 0 Å². The summed E-state index contributed by atoms with van der Waals surface area (Å²) in [5, 5.41) is 9.77. The molecule has 0 radical (unpaired) electrons. The molecule has 0 unspecified atom stereocenters. The highest BCUT2D eigenvalue weighted by atomic mass is 32.1. The molecule has 1 aliphatic heterocycles. The maximum Gasteiger partial charge on any atom is 0.324 e. The molecule has 1 aliphatic rings. The van der Waals surface area contributed by atoms with E-state index in [1.54, 1.807) is 11.3 Å². The zero-order valence-electron chi connectivity index (χ0n) is 8.73. The topological polar surface area (TPSA) is 61.4 Å². The number of amides is 3. The van der Waals surface area contributed by atoms with Crippen LogP contribution >= 0.6 is 11.3 Å². The summed E-state index contributed by atoms with van der Waals surface area (Å²) < 4.78 is 0. The van der Waals surface area contributed by atoms with Crippen LogP contribution in [0.1, 0.15) is 5.56 Å². The van der Waals surface area contributed by atoms with Crippen molar-refractivity contribution in [3.8, 4) is 0 Å². The third-order valence-electron chi connectivity index (χ3n) is 2.36. The van der Waals surface area contributed by atoms with Gasteiger partial charge in [-0.2, -0.15) is 11.3 Å². The van der Waals surface area contributed by atoms with E-state index in [9.17, 15) is 9.59 Å². The normalized spacial score (nSPS) is 15.6. The molecule has 1 aromatic rings. The molecule has 86 valence electrons. The summed E-state index contributed by atoms with van der Waals surface area (Å²) in [5.74, 6) is -0.151. The van der Waals surface area contributed by atoms with E-state index in [0.29, 0.717) is 13.1 Å². The van der Waals surface area contributed by atoms with Gasteiger partial charge in [0.25, 0.3) is 0 Å². The van der Waals surface area contributed by atoms with E-state index >= 15 is 0 Å². The molecule has 16 heavy (non-hydrogen) atoms. The van der Waals surface area contributed by atoms with E-state index in [2.05, 4.69) is 16.0 Å². The first-order chi connectivity index (χ1) is 7.77. The SMILES string of the molecule is O=C1CNC(=O)N1CCNCc1ccsc1. The summed E-state index contributed by atoms with van der Waals surface area (Å²) in [6.45, 7) is 1.94. The maximum atomic E-state index is 11.2. The molecular formula is C10H13N3O2S. The molecule has 6 heteroatoms. The van der Waals surface area contributed by atoms with Crippen LogP contribution in [0.25, 0.3) is 0 Å². The number of imide groups is 1. The number of nitrogens with one attached hydrogen (secondary N) is 2. The summed E-state index contributed by atoms with van der Waals surface area (Å²) in [4.78, 5) is 23.6. The average Bonchev–Trinajstić information content (AvgIpc) is 2.87. The predicted octanol–water partition coefficient (Wildman–Crippen LogP) is 0.390. The monoisotopic (exact) mass is 239 g/mol. The Kier molecular flexibility index (Phi) is 3.53. The molecule has 2 rings (SSSR count). The second kappa shape index (κ2) is 5.09. The third-order valence-corrected chi connectivity index (χ3v) is 3.09. The van der Waals surface area contributed by atoms with Crippen molar-refractivity contribution in [2.24, 2.45) is 0 Å². The first-order valence-electron chi connectivity index (χ1n) is 5.07. The fourth-order valence-electron chi connectivity index (χ4n) is 1.50. The van der Waals surface area contributed by atoms with Crippen molar-refractivity contribution in [2.75, 3.05) is 19.6 Å². The van der Waals surface area contributed by atoms with E-state index in [4.69, 9.17) is 0 Å². The van der Waals surface area contributed by atoms with E-state index < -0.39 is 0 Å². The summed E-state index contributed by atoms with van der Waals surface area (Å²) in [6, 6.07) is 1.76. The number of hydrogen-bond donors (Lipinski definition) is 2. The molecule has 0 aromatic carbocycles. The Morgan fingerprint density at radius 1 is 1.50 bits per heavy atom. The Bertz CT molecular complexity index is 361. The molecule has 1 saturated heterocycles. The fourth-order valence-corrected chi connectivity index (χ4v) is 2.17. The Hall–Kier alpha value is -1.40. The lowest BCUT2D eigenvalue weighted by Crippen LogP contribution is -2.36. The highest BCUT2D eigenvalue weighted by molar-refractivity contribution is 7.07. The first-order valence-corrected chi connectivity index (χ1v) is 6.01. The van der Waals surface area contributed by atoms with Crippen molar-refractivity contribution in [2.45, 2.75) is 6.54 Å². The molecule has 3 amide bonds. The van der Waals surface area contributed by atoms with E-state index in [1.165, 1.54) is 10.5 Å². The minimum absolute atomic E-state index is 0.128. The van der Waals surface area contributed by atoms with Crippen LogP contribution in [0.15, 0.2) is 16.8 Å². The van der Waals surface area contributed by atoms with Gasteiger partial charge in [0.2, 0.25) is 5.91 Å². The third kappa shape index (κ3) is 2.59. The molecule has 5 nitrogen and oxygen atoms in total. The molecule has 2 N–H and O–H groups in total. The Labute approximate surface area is 97.4 Å². The van der Waals surface area contributed by atoms with Crippen molar-refractivity contribution in [3.05, 3.63) is 22.4 Å². The number of urea groups is 1. The number of nitrogens with zero attached hydrogens (tertiary/aromatic N) is 1. The van der Waals surface area contributed by atoms with Crippen LogP contribution < -0.4 is 10.6 Å². The molecule has 0 atom stereocenters. The first kappa shape index (κ1) is 11.1. The number of hydrogen-bond acceptors (Lipinski definition) is 4. The van der Waals surface area contributed by atoms with Crippen LogP contribution in [0.4, 0.5) is 4.79 Å². The molecular weight excluding hydrogens is 226 g/mol. The van der Waals surface area contributed by atoms with Gasteiger partial charge in [0.1, 0.15) is 0 Å². The number of carbonyl (C=O) groups excluding carboxylic acids is 2.